The van der Waals surface area contributed by atoms with Crippen molar-refractivity contribution in [1.82, 2.24) is 4.57 Å². The third-order valence-electron chi connectivity index (χ3n) is 4.73. The summed E-state index contributed by atoms with van der Waals surface area (Å²) in [6.45, 7) is 1.78. The van der Waals surface area contributed by atoms with Gasteiger partial charge in [0.15, 0.2) is 0 Å². The van der Waals surface area contributed by atoms with Crippen molar-refractivity contribution < 1.29 is 9.90 Å². The van der Waals surface area contributed by atoms with Gasteiger partial charge in [-0.05, 0) is 41.6 Å². The van der Waals surface area contributed by atoms with E-state index in [9.17, 15) is 14.7 Å². The molecule has 0 saturated carbocycles. The molecule has 0 amide bonds. The van der Waals surface area contributed by atoms with Crippen LogP contribution in [0.1, 0.15) is 15.9 Å². The Morgan fingerprint density at radius 1 is 0.815 bits per heavy atom. The lowest BCUT2D eigenvalue weighted by Crippen LogP contribution is -2.18. The molecular formula is C23H17NO3. The summed E-state index contributed by atoms with van der Waals surface area (Å²) >= 11 is 0. The largest absolute Gasteiger partial charge is 0.478 e. The van der Waals surface area contributed by atoms with Gasteiger partial charge in [-0.1, -0.05) is 54.6 Å². The standard InChI is InChI=1S/C23H17NO3/c1-15-7-6-10-18(22(15)23(26)27)17-9-3-5-12-20(17)24-19-11-4-2-8-16(19)13-14-21(24)25/h2-14H,1H3,(H,26,27). The molecule has 1 aromatic heterocycles. The molecule has 0 spiro atoms. The van der Waals surface area contributed by atoms with Crippen molar-refractivity contribution >= 4 is 16.9 Å². The van der Waals surface area contributed by atoms with E-state index in [1.807, 2.05) is 54.6 Å². The van der Waals surface area contributed by atoms with Crippen LogP contribution in [0.5, 0.6) is 0 Å². The minimum absolute atomic E-state index is 0.161. The van der Waals surface area contributed by atoms with Gasteiger partial charge in [-0.3, -0.25) is 9.36 Å². The monoisotopic (exact) mass is 355 g/mol. The Labute approximate surface area is 156 Å². The molecule has 0 radical (unpaired) electrons. The number of aryl methyl sites for hydroxylation is 1. The molecule has 0 aliphatic heterocycles. The molecule has 0 saturated heterocycles. The number of carboxylic acids is 1. The van der Waals surface area contributed by atoms with Crippen molar-refractivity contribution in [3.63, 3.8) is 0 Å². The van der Waals surface area contributed by atoms with Crippen LogP contribution in [-0.2, 0) is 0 Å². The quantitative estimate of drug-likeness (QED) is 0.581. The number of aromatic nitrogens is 1. The fourth-order valence-corrected chi connectivity index (χ4v) is 3.51. The van der Waals surface area contributed by atoms with Crippen molar-refractivity contribution in [3.05, 3.63) is 100 Å². The summed E-state index contributed by atoms with van der Waals surface area (Å²) in [4.78, 5) is 24.6. The van der Waals surface area contributed by atoms with Crippen LogP contribution in [0.2, 0.25) is 0 Å². The maximum atomic E-state index is 12.7. The zero-order valence-electron chi connectivity index (χ0n) is 14.7. The summed E-state index contributed by atoms with van der Waals surface area (Å²) in [6, 6.07) is 23.8. The molecule has 0 aliphatic carbocycles. The summed E-state index contributed by atoms with van der Waals surface area (Å²) in [5.74, 6) is -0.983. The first-order valence-corrected chi connectivity index (χ1v) is 8.61. The molecule has 4 rings (SSSR count). The molecule has 0 bridgehead atoms. The topological polar surface area (TPSA) is 59.3 Å². The second kappa shape index (κ2) is 6.57. The minimum atomic E-state index is -0.983. The molecule has 0 fully saturated rings. The predicted molar refractivity (Wildman–Crippen MR) is 107 cm³/mol. The maximum Gasteiger partial charge on any atom is 0.336 e. The van der Waals surface area contributed by atoms with Crippen LogP contribution in [0.15, 0.2) is 83.7 Å². The van der Waals surface area contributed by atoms with Gasteiger partial charge in [-0.15, -0.1) is 0 Å². The van der Waals surface area contributed by atoms with Gasteiger partial charge in [0.1, 0.15) is 0 Å². The summed E-state index contributed by atoms with van der Waals surface area (Å²) in [5, 5.41) is 10.7. The molecule has 27 heavy (non-hydrogen) atoms. The summed E-state index contributed by atoms with van der Waals surface area (Å²) in [7, 11) is 0. The Morgan fingerprint density at radius 3 is 2.33 bits per heavy atom. The van der Waals surface area contributed by atoms with Gasteiger partial charge in [-0.2, -0.15) is 0 Å². The first-order chi connectivity index (χ1) is 13.1. The third kappa shape index (κ3) is 2.81. The van der Waals surface area contributed by atoms with Crippen molar-refractivity contribution in [1.29, 1.82) is 0 Å². The SMILES string of the molecule is Cc1cccc(-c2ccccc2-n2c(=O)ccc3ccccc32)c1C(=O)O. The van der Waals surface area contributed by atoms with Gasteiger partial charge in [0, 0.05) is 11.6 Å². The van der Waals surface area contributed by atoms with Gasteiger partial charge in [0.2, 0.25) is 0 Å². The van der Waals surface area contributed by atoms with E-state index < -0.39 is 5.97 Å². The lowest BCUT2D eigenvalue weighted by Gasteiger charge is -2.17. The van der Waals surface area contributed by atoms with Gasteiger partial charge in [0.05, 0.1) is 16.8 Å². The number of pyridine rings is 1. The van der Waals surface area contributed by atoms with Gasteiger partial charge in [-0.25, -0.2) is 4.79 Å². The van der Waals surface area contributed by atoms with Gasteiger partial charge in [0.25, 0.3) is 5.56 Å². The number of hydrogen-bond acceptors (Lipinski definition) is 2. The molecule has 4 aromatic rings. The number of benzene rings is 3. The van der Waals surface area contributed by atoms with Crippen LogP contribution in [0.25, 0.3) is 27.7 Å². The van der Waals surface area contributed by atoms with Crippen molar-refractivity contribution in [2.45, 2.75) is 6.92 Å². The van der Waals surface area contributed by atoms with E-state index in [1.54, 1.807) is 29.7 Å². The normalized spacial score (nSPS) is 10.9. The highest BCUT2D eigenvalue weighted by Crippen LogP contribution is 2.32. The second-order valence-corrected chi connectivity index (χ2v) is 6.39. The molecule has 132 valence electrons. The Morgan fingerprint density at radius 2 is 1.52 bits per heavy atom. The van der Waals surface area contributed by atoms with Gasteiger partial charge >= 0.3 is 5.97 Å². The number of nitrogens with zero attached hydrogens (tertiary/aromatic N) is 1. The van der Waals surface area contributed by atoms with E-state index >= 15 is 0 Å². The van der Waals surface area contributed by atoms with E-state index in [4.69, 9.17) is 0 Å². The smallest absolute Gasteiger partial charge is 0.336 e. The predicted octanol–water partition coefficient (Wildman–Crippen LogP) is 4.66. The van der Waals surface area contributed by atoms with Crippen LogP contribution in [0.4, 0.5) is 0 Å². The number of hydrogen-bond donors (Lipinski definition) is 1. The van der Waals surface area contributed by atoms with Crippen LogP contribution in [0.3, 0.4) is 0 Å². The van der Waals surface area contributed by atoms with E-state index in [-0.39, 0.29) is 11.1 Å². The molecular weight excluding hydrogens is 338 g/mol. The first kappa shape index (κ1) is 16.8. The van der Waals surface area contributed by atoms with E-state index in [2.05, 4.69) is 0 Å². The van der Waals surface area contributed by atoms with Crippen LogP contribution in [-0.4, -0.2) is 15.6 Å². The third-order valence-corrected chi connectivity index (χ3v) is 4.73. The Bertz CT molecular complexity index is 1240. The lowest BCUT2D eigenvalue weighted by molar-refractivity contribution is 0.0697. The maximum absolute atomic E-state index is 12.7. The number of rotatable bonds is 3. The number of para-hydroxylation sites is 2. The molecule has 4 nitrogen and oxygen atoms in total. The number of carbonyl (C=O) groups is 1. The Balaban J connectivity index is 2.10. The first-order valence-electron chi connectivity index (χ1n) is 8.61. The highest BCUT2D eigenvalue weighted by molar-refractivity contribution is 5.99. The molecule has 1 heterocycles. The summed E-state index contributed by atoms with van der Waals surface area (Å²) < 4.78 is 1.64. The van der Waals surface area contributed by atoms with Crippen molar-refractivity contribution in [3.8, 4) is 16.8 Å². The van der Waals surface area contributed by atoms with Crippen molar-refractivity contribution in [2.24, 2.45) is 0 Å². The van der Waals surface area contributed by atoms with Crippen LogP contribution < -0.4 is 5.56 Å². The molecule has 4 heteroatoms. The summed E-state index contributed by atoms with van der Waals surface area (Å²) in [5.41, 5.74) is 3.51. The highest BCUT2D eigenvalue weighted by Gasteiger charge is 2.18. The average molecular weight is 355 g/mol. The average Bonchev–Trinajstić information content (AvgIpc) is 2.67. The second-order valence-electron chi connectivity index (χ2n) is 6.39. The van der Waals surface area contributed by atoms with Gasteiger partial charge < -0.3 is 5.11 Å². The summed E-state index contributed by atoms with van der Waals surface area (Å²) in [6.07, 6.45) is 0. The van der Waals surface area contributed by atoms with E-state index in [1.165, 1.54) is 6.07 Å². The molecule has 0 aliphatic rings. The number of carboxylic acid groups (broad SMARTS) is 1. The molecule has 0 atom stereocenters. The zero-order chi connectivity index (χ0) is 19.0. The molecule has 1 N–H and O–H groups in total. The Hall–Kier alpha value is -3.66. The molecule has 3 aromatic carbocycles. The number of aromatic carboxylic acids is 1. The van der Waals surface area contributed by atoms with Crippen molar-refractivity contribution in [2.75, 3.05) is 0 Å². The fourth-order valence-electron chi connectivity index (χ4n) is 3.51. The minimum Gasteiger partial charge on any atom is -0.478 e. The zero-order valence-corrected chi connectivity index (χ0v) is 14.7. The fraction of sp³-hybridized carbons (Fsp3) is 0.0435. The van der Waals surface area contributed by atoms with Crippen LogP contribution in [0, 0.1) is 6.92 Å². The highest BCUT2D eigenvalue weighted by atomic mass is 16.4. The lowest BCUT2D eigenvalue weighted by atomic mass is 9.94. The Kier molecular flexibility index (Phi) is 4.09. The number of fused-ring (bicyclic) bond motifs is 1. The van der Waals surface area contributed by atoms with E-state index in [0.29, 0.717) is 22.4 Å². The molecule has 0 unspecified atom stereocenters. The van der Waals surface area contributed by atoms with E-state index in [0.717, 1.165) is 10.9 Å². The van der Waals surface area contributed by atoms with Crippen LogP contribution >= 0.6 is 0 Å².